The van der Waals surface area contributed by atoms with E-state index < -0.39 is 22.4 Å². The van der Waals surface area contributed by atoms with E-state index in [4.69, 9.17) is 21.3 Å². The Morgan fingerprint density at radius 2 is 1.77 bits per heavy atom. The summed E-state index contributed by atoms with van der Waals surface area (Å²) in [5, 5.41) is 0.375. The van der Waals surface area contributed by atoms with Gasteiger partial charge < -0.3 is 19.1 Å². The number of hydrogen-bond donors (Lipinski definition) is 0. The van der Waals surface area contributed by atoms with Gasteiger partial charge in [-0.2, -0.15) is 0 Å². The average molecular weight is 681 g/mol. The molecule has 2 saturated carbocycles. The molecule has 0 unspecified atom stereocenters. The van der Waals surface area contributed by atoms with Crippen LogP contribution < -0.4 is 4.90 Å². The third kappa shape index (κ3) is 4.85. The van der Waals surface area contributed by atoms with Crippen LogP contribution in [-0.4, -0.2) is 86.1 Å². The Morgan fingerprint density at radius 3 is 2.40 bits per heavy atom. The number of imidazole rings is 1. The van der Waals surface area contributed by atoms with Crippen LogP contribution in [0.3, 0.4) is 0 Å². The Morgan fingerprint density at radius 1 is 1.06 bits per heavy atom. The van der Waals surface area contributed by atoms with E-state index in [2.05, 4.69) is 29.8 Å². The zero-order chi connectivity index (χ0) is 34.0. The monoisotopic (exact) mass is 680 g/mol. The number of piperidine rings is 1. The fourth-order valence-electron chi connectivity index (χ4n) is 8.65. The van der Waals surface area contributed by atoms with Crippen LogP contribution in [0.15, 0.2) is 30.6 Å². The Hall–Kier alpha value is -3.31. The molecule has 48 heavy (non-hydrogen) atoms. The number of benzene rings is 1. The number of pyridine rings is 1. The number of likely N-dealkylation sites (tertiary alicyclic amines) is 2. The quantitative estimate of drug-likeness (QED) is 0.271. The van der Waals surface area contributed by atoms with E-state index in [1.54, 1.807) is 11.2 Å². The standard InChI is InChI=1S/C36H43ClF2N6O3/c1-21(2)44-20-40-27-17-26(41-30(37)29(27)44)22-6-7-25-28(14-22)45(24-15-23(16-24)43-11-8-34(19-43)18-36(34,38)39)31(46)35(25)9-12-42(13-10-35)32(47)48-33(3,4)5/h6-7,14,17,20-21,23-24H,8-13,15-16,18-19H2,1-5H3/t23?,24?,34-/m0/s1. The first kappa shape index (κ1) is 31.9. The lowest BCUT2D eigenvalue weighted by molar-refractivity contribution is -0.126. The van der Waals surface area contributed by atoms with Crippen LogP contribution in [0.1, 0.15) is 84.7 Å². The minimum atomic E-state index is -2.54. The third-order valence-electron chi connectivity index (χ3n) is 11.6. The molecule has 0 radical (unpaired) electrons. The lowest BCUT2D eigenvalue weighted by Crippen LogP contribution is -2.57. The molecule has 2 aromatic heterocycles. The highest BCUT2D eigenvalue weighted by Gasteiger charge is 2.73. The largest absolute Gasteiger partial charge is 0.444 e. The molecule has 1 atom stereocenters. The summed E-state index contributed by atoms with van der Waals surface area (Å²) in [5.74, 6) is -2.48. The maximum absolute atomic E-state index is 14.7. The number of alkyl halides is 2. The lowest BCUT2D eigenvalue weighted by Gasteiger charge is -2.46. The third-order valence-corrected chi connectivity index (χ3v) is 11.9. The Balaban J connectivity index is 1.10. The summed E-state index contributed by atoms with van der Waals surface area (Å²) >= 11 is 6.74. The Kier molecular flexibility index (Phi) is 7.05. The van der Waals surface area contributed by atoms with Crippen molar-refractivity contribution in [2.75, 3.05) is 31.1 Å². The van der Waals surface area contributed by atoms with E-state index in [0.29, 0.717) is 56.3 Å². The van der Waals surface area contributed by atoms with Crippen molar-refractivity contribution < 1.29 is 23.1 Å². The highest BCUT2D eigenvalue weighted by Crippen LogP contribution is 2.65. The van der Waals surface area contributed by atoms with Crippen molar-refractivity contribution in [1.29, 1.82) is 0 Å². The molecule has 1 aromatic carbocycles. The van der Waals surface area contributed by atoms with Gasteiger partial charge in [-0.25, -0.2) is 23.5 Å². The minimum Gasteiger partial charge on any atom is -0.444 e. The van der Waals surface area contributed by atoms with Gasteiger partial charge in [-0.05, 0) is 91.0 Å². The van der Waals surface area contributed by atoms with Crippen LogP contribution in [0, 0.1) is 5.41 Å². The fraction of sp³-hybridized carbons (Fsp3) is 0.611. The highest BCUT2D eigenvalue weighted by molar-refractivity contribution is 6.34. The van der Waals surface area contributed by atoms with E-state index in [1.807, 2.05) is 48.4 Å². The summed E-state index contributed by atoms with van der Waals surface area (Å²) in [7, 11) is 0. The summed E-state index contributed by atoms with van der Waals surface area (Å²) in [6.45, 7) is 11.6. The zero-order valence-electron chi connectivity index (χ0n) is 28.2. The van der Waals surface area contributed by atoms with Crippen molar-refractivity contribution in [2.24, 2.45) is 5.41 Å². The van der Waals surface area contributed by atoms with Gasteiger partial charge in [0, 0.05) is 55.4 Å². The minimum absolute atomic E-state index is 0.00218. The molecule has 3 aliphatic heterocycles. The summed E-state index contributed by atoms with van der Waals surface area (Å²) in [6.07, 6.45) is 4.45. The molecule has 5 aliphatic rings. The van der Waals surface area contributed by atoms with E-state index in [0.717, 1.165) is 40.7 Å². The van der Waals surface area contributed by atoms with Crippen molar-refractivity contribution in [3.63, 3.8) is 0 Å². The molecule has 2 aliphatic carbocycles. The Bertz CT molecular complexity index is 1820. The summed E-state index contributed by atoms with van der Waals surface area (Å²) in [4.78, 5) is 42.9. The second kappa shape index (κ2) is 10.6. The molecule has 2 amide bonds. The number of ether oxygens (including phenoxy) is 1. The number of halogens is 3. The maximum Gasteiger partial charge on any atom is 0.410 e. The number of carbonyl (C=O) groups is 2. The van der Waals surface area contributed by atoms with Crippen LogP contribution >= 0.6 is 11.6 Å². The van der Waals surface area contributed by atoms with Crippen molar-refractivity contribution in [3.8, 4) is 11.3 Å². The molecule has 8 rings (SSSR count). The summed E-state index contributed by atoms with van der Waals surface area (Å²) in [6, 6.07) is 8.38. The topological polar surface area (TPSA) is 83.8 Å². The van der Waals surface area contributed by atoms with Crippen LogP contribution in [0.25, 0.3) is 22.3 Å². The highest BCUT2D eigenvalue weighted by atomic mass is 35.5. The Labute approximate surface area is 284 Å². The smallest absolute Gasteiger partial charge is 0.410 e. The first-order valence-electron chi connectivity index (χ1n) is 17.2. The van der Waals surface area contributed by atoms with E-state index in [-0.39, 0.29) is 36.5 Å². The van der Waals surface area contributed by atoms with Gasteiger partial charge in [0.05, 0.1) is 28.4 Å². The number of rotatable bonds is 4. The van der Waals surface area contributed by atoms with Crippen molar-refractivity contribution in [2.45, 2.75) is 108 Å². The van der Waals surface area contributed by atoms with Crippen LogP contribution in [0.5, 0.6) is 0 Å². The molecule has 2 spiro atoms. The molecule has 4 fully saturated rings. The normalized spacial score (nSPS) is 27.7. The molecule has 3 aromatic rings. The van der Waals surface area contributed by atoms with Gasteiger partial charge in [-0.3, -0.25) is 9.69 Å². The zero-order valence-corrected chi connectivity index (χ0v) is 29.0. The molecule has 0 N–H and O–H groups in total. The maximum atomic E-state index is 14.7. The molecular weight excluding hydrogens is 638 g/mol. The average Bonchev–Trinajstić information content (AvgIpc) is 3.39. The van der Waals surface area contributed by atoms with Crippen LogP contribution in [0.2, 0.25) is 5.15 Å². The summed E-state index contributed by atoms with van der Waals surface area (Å²) < 4.78 is 35.9. The molecule has 9 nitrogen and oxygen atoms in total. The second-order valence-corrected chi connectivity index (χ2v) is 16.4. The first-order valence-corrected chi connectivity index (χ1v) is 17.6. The molecule has 5 heterocycles. The predicted octanol–water partition coefficient (Wildman–Crippen LogP) is 7.21. The molecule has 12 heteroatoms. The molecule has 0 bridgehead atoms. The molecule has 256 valence electrons. The molecule has 2 saturated heterocycles. The fourth-order valence-corrected chi connectivity index (χ4v) is 8.94. The van der Waals surface area contributed by atoms with Gasteiger partial charge in [-0.1, -0.05) is 23.7 Å². The van der Waals surface area contributed by atoms with Crippen LogP contribution in [-0.2, 0) is 14.9 Å². The van der Waals surface area contributed by atoms with Gasteiger partial charge in [0.15, 0.2) is 5.15 Å². The number of hydrogen-bond acceptors (Lipinski definition) is 6. The van der Waals surface area contributed by atoms with Gasteiger partial charge in [0.25, 0.3) is 5.92 Å². The van der Waals surface area contributed by atoms with Gasteiger partial charge in [-0.15, -0.1) is 0 Å². The number of fused-ring (bicyclic) bond motifs is 3. The number of amides is 2. The van der Waals surface area contributed by atoms with Gasteiger partial charge in [0.2, 0.25) is 5.91 Å². The van der Waals surface area contributed by atoms with Gasteiger partial charge >= 0.3 is 6.09 Å². The predicted molar refractivity (Wildman–Crippen MR) is 180 cm³/mol. The summed E-state index contributed by atoms with van der Waals surface area (Å²) in [5.41, 5.74) is 2.70. The van der Waals surface area contributed by atoms with E-state index in [9.17, 15) is 18.4 Å². The van der Waals surface area contributed by atoms with Crippen molar-refractivity contribution in [1.82, 2.24) is 24.3 Å². The number of nitrogens with zero attached hydrogens (tertiary/aromatic N) is 6. The van der Waals surface area contributed by atoms with Crippen LogP contribution in [0.4, 0.5) is 19.3 Å². The van der Waals surface area contributed by atoms with E-state index in [1.165, 1.54) is 0 Å². The number of anilines is 1. The number of carbonyl (C=O) groups excluding carboxylic acids is 2. The second-order valence-electron chi connectivity index (χ2n) is 16.0. The molecular formula is C36H43ClF2N6O3. The van der Waals surface area contributed by atoms with Crippen molar-refractivity contribution >= 4 is 40.3 Å². The van der Waals surface area contributed by atoms with Gasteiger partial charge in [0.1, 0.15) is 11.1 Å². The van der Waals surface area contributed by atoms with Crippen molar-refractivity contribution in [3.05, 3.63) is 41.3 Å². The SMILES string of the molecule is CC(C)n1cnc2cc(-c3ccc4c(c3)N(C3CC(N5CC[C@@]6(C5)CC6(F)F)C3)C(=O)C43CCN(C(=O)OC(C)(C)C)CC3)nc(Cl)c21. The first-order chi connectivity index (χ1) is 22.6. The lowest BCUT2D eigenvalue weighted by atomic mass is 9.73. The van der Waals surface area contributed by atoms with E-state index >= 15 is 0 Å². The number of aromatic nitrogens is 3.